The van der Waals surface area contributed by atoms with Gasteiger partial charge in [-0.1, -0.05) is 6.07 Å². The van der Waals surface area contributed by atoms with E-state index in [1.54, 1.807) is 18.3 Å². The van der Waals surface area contributed by atoms with E-state index in [0.717, 1.165) is 0 Å². The Morgan fingerprint density at radius 1 is 1.28 bits per heavy atom. The van der Waals surface area contributed by atoms with Crippen molar-refractivity contribution in [3.05, 3.63) is 42.2 Å². The molecule has 1 fully saturated rings. The molecule has 3 aromatic rings. The van der Waals surface area contributed by atoms with Gasteiger partial charge in [0.2, 0.25) is 11.7 Å². The zero-order valence-electron chi connectivity index (χ0n) is 17.0. The summed E-state index contributed by atoms with van der Waals surface area (Å²) >= 11 is 0. The van der Waals surface area contributed by atoms with Crippen LogP contribution in [0.4, 0.5) is 5.82 Å². The van der Waals surface area contributed by atoms with Crippen molar-refractivity contribution in [3.63, 3.8) is 0 Å². The van der Waals surface area contributed by atoms with Gasteiger partial charge in [0.25, 0.3) is 0 Å². The molecular weight excluding hydrogens is 418 g/mol. The lowest BCUT2D eigenvalue weighted by atomic mass is 10.1. The van der Waals surface area contributed by atoms with Crippen LogP contribution in [0.25, 0.3) is 11.2 Å². The molecule has 32 heavy (non-hydrogen) atoms. The van der Waals surface area contributed by atoms with Crippen LogP contribution in [0.1, 0.15) is 30.6 Å². The summed E-state index contributed by atoms with van der Waals surface area (Å²) in [6, 6.07) is 5.35. The van der Waals surface area contributed by atoms with Crippen molar-refractivity contribution >= 4 is 22.9 Å². The van der Waals surface area contributed by atoms with Crippen LogP contribution in [0, 0.1) is 11.8 Å². The molecule has 4 rings (SSSR count). The molecule has 5 N–H and O–H groups in total. The number of amides is 1. The van der Waals surface area contributed by atoms with Gasteiger partial charge in [-0.05, 0) is 30.4 Å². The summed E-state index contributed by atoms with van der Waals surface area (Å²) in [6.45, 7) is 0. The van der Waals surface area contributed by atoms with Gasteiger partial charge in [0.15, 0.2) is 23.2 Å². The minimum Gasteiger partial charge on any atom is -0.388 e. The molecule has 3 aromatic heterocycles. The fourth-order valence-electron chi connectivity index (χ4n) is 3.37. The summed E-state index contributed by atoms with van der Waals surface area (Å²) in [6.07, 6.45) is -1.03. The molecule has 166 valence electrons. The van der Waals surface area contributed by atoms with Crippen molar-refractivity contribution in [1.29, 1.82) is 0 Å². The van der Waals surface area contributed by atoms with E-state index in [-0.39, 0.29) is 24.5 Å². The highest BCUT2D eigenvalue weighted by atomic mass is 16.6. The van der Waals surface area contributed by atoms with Gasteiger partial charge >= 0.3 is 0 Å². The second-order valence-electron chi connectivity index (χ2n) is 7.04. The third-order valence-corrected chi connectivity index (χ3v) is 4.87. The summed E-state index contributed by atoms with van der Waals surface area (Å²) in [5.74, 6) is 5.62. The summed E-state index contributed by atoms with van der Waals surface area (Å²) < 4.78 is 7.29. The van der Waals surface area contributed by atoms with Crippen molar-refractivity contribution in [3.8, 4) is 11.8 Å². The van der Waals surface area contributed by atoms with Crippen LogP contribution in [-0.4, -0.2) is 66.0 Å². The predicted molar refractivity (Wildman–Crippen MR) is 111 cm³/mol. The number of fused-ring (bicyclic) bond motifs is 1. The second-order valence-corrected chi connectivity index (χ2v) is 7.04. The molecule has 0 aromatic carbocycles. The first-order valence-corrected chi connectivity index (χ1v) is 9.74. The van der Waals surface area contributed by atoms with E-state index in [9.17, 15) is 15.0 Å². The molecule has 0 bridgehead atoms. The van der Waals surface area contributed by atoms with E-state index in [2.05, 4.69) is 37.3 Å². The third kappa shape index (κ3) is 4.36. The van der Waals surface area contributed by atoms with Crippen LogP contribution < -0.4 is 11.2 Å². The predicted octanol–water partition coefficient (Wildman–Crippen LogP) is -0.521. The monoisotopic (exact) mass is 439 g/mol. The molecule has 1 amide bonds. The van der Waals surface area contributed by atoms with E-state index in [1.165, 1.54) is 18.0 Å². The zero-order valence-corrected chi connectivity index (χ0v) is 17.0. The molecule has 0 saturated carbocycles. The number of imidazole rings is 1. The van der Waals surface area contributed by atoms with Gasteiger partial charge in [0.1, 0.15) is 17.9 Å². The maximum Gasteiger partial charge on any atom is 0.217 e. The number of aliphatic hydroxyl groups excluding tert-OH is 2. The number of pyridine rings is 1. The van der Waals surface area contributed by atoms with Gasteiger partial charge in [-0.15, -0.1) is 0 Å². The van der Waals surface area contributed by atoms with Crippen molar-refractivity contribution in [2.45, 2.75) is 37.4 Å². The molecule has 4 atom stereocenters. The fraction of sp³-hybridized carbons (Fsp3) is 0.350. The highest BCUT2D eigenvalue weighted by Crippen LogP contribution is 2.34. The number of anilines is 1. The maximum atomic E-state index is 11.1. The Balaban J connectivity index is 1.70. The number of nitrogens with one attached hydrogen (secondary N) is 1. The van der Waals surface area contributed by atoms with E-state index >= 15 is 0 Å². The number of aliphatic hydroxyl groups is 2. The number of nitrogens with two attached hydrogens (primary N) is 1. The van der Waals surface area contributed by atoms with Crippen LogP contribution in [-0.2, 0) is 14.4 Å². The molecule has 0 unspecified atom stereocenters. The Labute approximate surface area is 182 Å². The number of nitrogens with zero attached hydrogens (tertiary/aromatic N) is 5. The van der Waals surface area contributed by atoms with E-state index < -0.39 is 30.4 Å². The first kappa shape index (κ1) is 21.6. The Morgan fingerprint density at radius 2 is 2.12 bits per heavy atom. The van der Waals surface area contributed by atoms with Gasteiger partial charge in [-0.2, -0.15) is 4.98 Å². The lowest BCUT2D eigenvalue weighted by molar-refractivity contribution is -0.119. The van der Waals surface area contributed by atoms with Crippen LogP contribution in [0.3, 0.4) is 0 Å². The van der Waals surface area contributed by atoms with E-state index in [4.69, 9.17) is 15.3 Å². The average molecular weight is 439 g/mol. The Bertz CT molecular complexity index is 1170. The number of rotatable bonds is 6. The molecule has 0 spiro atoms. The molecule has 1 aliphatic heterocycles. The average Bonchev–Trinajstić information content (AvgIpc) is 3.33. The van der Waals surface area contributed by atoms with Gasteiger partial charge < -0.3 is 20.7 Å². The first-order valence-electron chi connectivity index (χ1n) is 9.74. The molecular formula is C20H21N7O5. The normalized spacial score (nSPS) is 22.5. The van der Waals surface area contributed by atoms with Crippen LogP contribution in [0.2, 0.25) is 0 Å². The Morgan fingerprint density at radius 3 is 2.84 bits per heavy atom. The van der Waals surface area contributed by atoms with Gasteiger partial charge in [0, 0.05) is 12.6 Å². The largest absolute Gasteiger partial charge is 0.388 e. The smallest absolute Gasteiger partial charge is 0.217 e. The minimum atomic E-state index is -1.28. The summed E-state index contributed by atoms with van der Waals surface area (Å²) in [4.78, 5) is 33.3. The molecule has 1 saturated heterocycles. The zero-order chi connectivity index (χ0) is 22.7. The van der Waals surface area contributed by atoms with E-state index in [0.29, 0.717) is 16.9 Å². The maximum absolute atomic E-state index is 11.1. The summed E-state index contributed by atoms with van der Waals surface area (Å²) in [5.41, 5.74) is 9.01. The Hall–Kier alpha value is -3.63. The standard InChI is InChI=1S/C20H21N7O5/c1-31-26-18-15-19(25-14(24-18)8-5-11-4-2-3-9-22-11)27(10-23-15)20-17(30)16(29)12(32-20)6-7-13(21)28/h2-4,9-10,12,16-17,20,29-30H,6-7H2,1H3,(H2,21,28)(H,24,25,26)/t12-,16-,17+,20+/m0/s1. The number of carbonyl (C=O) groups is 1. The lowest BCUT2D eigenvalue weighted by Gasteiger charge is -2.16. The van der Waals surface area contributed by atoms with E-state index in [1.807, 2.05) is 6.07 Å². The van der Waals surface area contributed by atoms with Crippen molar-refractivity contribution < 1.29 is 24.6 Å². The SMILES string of the molecule is CONc1nc(C#Cc2ccccn2)nc2c1ncn2[C@@H]1O[C@@H](CCC(N)=O)[C@H](O)[C@H]1O. The van der Waals surface area contributed by atoms with Crippen molar-refractivity contribution in [2.75, 3.05) is 12.6 Å². The van der Waals surface area contributed by atoms with Crippen LogP contribution in [0.5, 0.6) is 0 Å². The molecule has 0 aliphatic carbocycles. The fourth-order valence-corrected chi connectivity index (χ4v) is 3.37. The molecule has 12 heteroatoms. The van der Waals surface area contributed by atoms with Gasteiger partial charge in [-0.3, -0.25) is 14.2 Å². The topological polar surface area (TPSA) is 171 Å². The van der Waals surface area contributed by atoms with Gasteiger partial charge in [0.05, 0.1) is 19.5 Å². The quantitative estimate of drug-likeness (QED) is 0.289. The summed E-state index contributed by atoms with van der Waals surface area (Å²) in [5, 5.41) is 20.9. The number of aromatic nitrogens is 5. The summed E-state index contributed by atoms with van der Waals surface area (Å²) in [7, 11) is 1.42. The third-order valence-electron chi connectivity index (χ3n) is 4.87. The molecule has 4 heterocycles. The highest BCUT2D eigenvalue weighted by molar-refractivity contribution is 5.83. The number of hydrogen-bond acceptors (Lipinski definition) is 10. The van der Waals surface area contributed by atoms with Gasteiger partial charge in [-0.25, -0.2) is 20.4 Å². The highest BCUT2D eigenvalue weighted by Gasteiger charge is 2.44. The van der Waals surface area contributed by atoms with Crippen LogP contribution >= 0.6 is 0 Å². The Kier molecular flexibility index (Phi) is 6.24. The minimum absolute atomic E-state index is 0.0170. The number of ether oxygens (including phenoxy) is 1. The number of carbonyl (C=O) groups excluding carboxylic acids is 1. The second kappa shape index (κ2) is 9.25. The first-order chi connectivity index (χ1) is 15.5. The molecule has 12 nitrogen and oxygen atoms in total. The lowest BCUT2D eigenvalue weighted by Crippen LogP contribution is -2.32. The molecule has 1 aliphatic rings. The van der Waals surface area contributed by atoms with Crippen molar-refractivity contribution in [2.24, 2.45) is 5.73 Å². The number of primary amides is 1. The number of hydrogen-bond donors (Lipinski definition) is 4. The molecule has 0 radical (unpaired) electrons. The van der Waals surface area contributed by atoms with Crippen molar-refractivity contribution in [1.82, 2.24) is 24.5 Å². The van der Waals surface area contributed by atoms with Crippen LogP contribution in [0.15, 0.2) is 30.7 Å².